The maximum atomic E-state index is 12.4. The van der Waals surface area contributed by atoms with Crippen molar-refractivity contribution in [3.63, 3.8) is 0 Å². The van der Waals surface area contributed by atoms with Gasteiger partial charge in [-0.25, -0.2) is 0 Å². The molecule has 6 heteroatoms. The lowest BCUT2D eigenvalue weighted by molar-refractivity contribution is -0.114. The third-order valence-corrected chi connectivity index (χ3v) is 6.29. The van der Waals surface area contributed by atoms with Gasteiger partial charge in [0.25, 0.3) is 0 Å². The van der Waals surface area contributed by atoms with Gasteiger partial charge in [0.15, 0.2) is 23.0 Å². The molecular formula is C27H29NO5. The molecule has 4 rings (SSSR count). The van der Waals surface area contributed by atoms with Gasteiger partial charge in [-0.15, -0.1) is 0 Å². The minimum Gasteiger partial charge on any atom is -0.493 e. The normalized spacial score (nSPS) is 16.4. The van der Waals surface area contributed by atoms with Gasteiger partial charge in [-0.05, 0) is 52.9 Å². The predicted octanol–water partition coefficient (Wildman–Crippen LogP) is 4.76. The van der Waals surface area contributed by atoms with Gasteiger partial charge in [0, 0.05) is 12.6 Å². The summed E-state index contributed by atoms with van der Waals surface area (Å²) in [6, 6.07) is 19.4. The minimum absolute atomic E-state index is 0.0502. The molecule has 0 N–H and O–H groups in total. The lowest BCUT2D eigenvalue weighted by Gasteiger charge is -2.41. The van der Waals surface area contributed by atoms with Gasteiger partial charge in [-0.3, -0.25) is 4.90 Å². The molecule has 0 saturated heterocycles. The van der Waals surface area contributed by atoms with E-state index in [4.69, 9.17) is 18.9 Å². The summed E-state index contributed by atoms with van der Waals surface area (Å²) < 4.78 is 22.1. The van der Waals surface area contributed by atoms with Gasteiger partial charge in [0.2, 0.25) is 0 Å². The van der Waals surface area contributed by atoms with Crippen LogP contribution in [0.15, 0.2) is 60.7 Å². The molecule has 3 aromatic rings. The fourth-order valence-electron chi connectivity index (χ4n) is 4.59. The molecule has 33 heavy (non-hydrogen) atoms. The molecule has 0 aromatic heterocycles. The average Bonchev–Trinajstić information content (AvgIpc) is 2.88. The molecular weight excluding hydrogens is 418 g/mol. The zero-order chi connectivity index (χ0) is 23.4. The van der Waals surface area contributed by atoms with Crippen molar-refractivity contribution in [1.29, 1.82) is 0 Å². The van der Waals surface area contributed by atoms with Gasteiger partial charge in [-0.2, -0.15) is 0 Å². The van der Waals surface area contributed by atoms with Crippen molar-refractivity contribution in [1.82, 2.24) is 4.90 Å². The number of carbonyl (C=O) groups is 1. The molecule has 1 aliphatic rings. The number of nitrogens with zero attached hydrogens (tertiary/aromatic N) is 1. The lowest BCUT2D eigenvalue weighted by atomic mass is 9.87. The highest BCUT2D eigenvalue weighted by molar-refractivity contribution is 5.62. The third-order valence-electron chi connectivity index (χ3n) is 6.29. The van der Waals surface area contributed by atoms with Crippen molar-refractivity contribution < 1.29 is 23.7 Å². The molecule has 0 aliphatic carbocycles. The summed E-state index contributed by atoms with van der Waals surface area (Å²) in [6.45, 7) is 0.590. The number of rotatable bonds is 8. The van der Waals surface area contributed by atoms with Crippen LogP contribution in [0, 0.1) is 0 Å². The molecule has 0 spiro atoms. The molecule has 0 amide bonds. The first-order valence-corrected chi connectivity index (χ1v) is 10.8. The van der Waals surface area contributed by atoms with Crippen LogP contribution in [0.2, 0.25) is 0 Å². The van der Waals surface area contributed by atoms with Crippen LogP contribution >= 0.6 is 0 Å². The van der Waals surface area contributed by atoms with Crippen LogP contribution in [0.25, 0.3) is 0 Å². The van der Waals surface area contributed by atoms with Crippen LogP contribution in [0.3, 0.4) is 0 Å². The highest BCUT2D eigenvalue weighted by Gasteiger charge is 2.34. The second-order valence-corrected chi connectivity index (χ2v) is 7.97. The average molecular weight is 448 g/mol. The largest absolute Gasteiger partial charge is 0.493 e. The Bertz CT molecular complexity index is 1110. The zero-order valence-electron chi connectivity index (χ0n) is 19.4. The number of carbonyl (C=O) groups excluding carboxylic acids is 1. The van der Waals surface area contributed by atoms with Crippen LogP contribution in [0.1, 0.15) is 34.3 Å². The highest BCUT2D eigenvalue weighted by Crippen LogP contribution is 2.43. The zero-order valence-corrected chi connectivity index (χ0v) is 19.4. The van der Waals surface area contributed by atoms with Gasteiger partial charge in [-0.1, -0.05) is 36.4 Å². The number of methoxy groups -OCH3 is 4. The van der Waals surface area contributed by atoms with E-state index in [-0.39, 0.29) is 6.04 Å². The van der Waals surface area contributed by atoms with Gasteiger partial charge >= 0.3 is 0 Å². The summed E-state index contributed by atoms with van der Waals surface area (Å²) in [4.78, 5) is 14.6. The second-order valence-electron chi connectivity index (χ2n) is 7.97. The fraction of sp³-hybridized carbons (Fsp3) is 0.296. The molecule has 1 aliphatic heterocycles. The molecule has 0 fully saturated rings. The van der Waals surface area contributed by atoms with Gasteiger partial charge < -0.3 is 23.7 Å². The van der Waals surface area contributed by atoms with Crippen LogP contribution in [-0.4, -0.2) is 39.6 Å². The molecule has 172 valence electrons. The number of hydrogen-bond donors (Lipinski definition) is 0. The highest BCUT2D eigenvalue weighted by atomic mass is 16.5. The summed E-state index contributed by atoms with van der Waals surface area (Å²) in [5.41, 5.74) is 4.30. The van der Waals surface area contributed by atoms with E-state index in [1.807, 2.05) is 60.7 Å². The first-order chi connectivity index (χ1) is 16.1. The van der Waals surface area contributed by atoms with E-state index in [1.165, 1.54) is 5.56 Å². The second kappa shape index (κ2) is 9.96. The van der Waals surface area contributed by atoms with Crippen molar-refractivity contribution in [2.45, 2.75) is 25.0 Å². The molecule has 2 atom stereocenters. The molecule has 1 heterocycles. The first kappa shape index (κ1) is 22.7. The maximum Gasteiger partial charge on any atom is 0.161 e. The smallest absolute Gasteiger partial charge is 0.161 e. The third kappa shape index (κ3) is 4.39. The van der Waals surface area contributed by atoms with E-state index >= 15 is 0 Å². The van der Waals surface area contributed by atoms with E-state index in [1.54, 1.807) is 28.4 Å². The van der Waals surface area contributed by atoms with Gasteiger partial charge in [0.05, 0.1) is 34.5 Å². The first-order valence-electron chi connectivity index (χ1n) is 10.8. The minimum atomic E-state index is -0.398. The Kier molecular flexibility index (Phi) is 6.84. The van der Waals surface area contributed by atoms with E-state index in [2.05, 4.69) is 4.90 Å². The summed E-state index contributed by atoms with van der Waals surface area (Å²) in [5, 5.41) is 0. The van der Waals surface area contributed by atoms with E-state index in [9.17, 15) is 4.79 Å². The number of benzene rings is 3. The van der Waals surface area contributed by atoms with Crippen molar-refractivity contribution in [2.24, 2.45) is 0 Å². The maximum absolute atomic E-state index is 12.4. The number of hydrogen-bond acceptors (Lipinski definition) is 6. The fourth-order valence-corrected chi connectivity index (χ4v) is 4.59. The molecule has 3 aromatic carbocycles. The van der Waals surface area contributed by atoms with E-state index in [0.717, 1.165) is 23.0 Å². The van der Waals surface area contributed by atoms with Gasteiger partial charge in [0.1, 0.15) is 6.29 Å². The Balaban J connectivity index is 1.83. The van der Waals surface area contributed by atoms with Crippen LogP contribution in [0.5, 0.6) is 23.0 Å². The quantitative estimate of drug-likeness (QED) is 0.464. The van der Waals surface area contributed by atoms with Crippen LogP contribution < -0.4 is 18.9 Å². The predicted molar refractivity (Wildman–Crippen MR) is 126 cm³/mol. The monoisotopic (exact) mass is 447 g/mol. The molecule has 6 nitrogen and oxygen atoms in total. The SMILES string of the molecule is COc1ccc([C@@H]2Cc3cc(OC)c(OC)cc3CN2[C@H](C=O)c2ccccc2)cc1OC. The number of aldehydes is 1. The number of ether oxygens (including phenoxy) is 4. The van der Waals surface area contributed by atoms with Crippen molar-refractivity contribution in [3.05, 3.63) is 82.9 Å². The molecule has 0 bridgehead atoms. The topological polar surface area (TPSA) is 57.2 Å². The van der Waals surface area contributed by atoms with E-state index < -0.39 is 6.04 Å². The standard InChI is InChI=1S/C27H29NO5/c1-30-24-11-10-19(13-25(24)31-2)22-12-20-14-26(32-3)27(33-4)15-21(20)16-28(22)23(17-29)18-8-6-5-7-9-18/h5-11,13-15,17,22-23H,12,16H2,1-4H3/t22-,23+/m0/s1. The van der Waals surface area contributed by atoms with Crippen molar-refractivity contribution in [3.8, 4) is 23.0 Å². The molecule has 0 radical (unpaired) electrons. The Morgan fingerprint density at radius 1 is 0.788 bits per heavy atom. The van der Waals surface area contributed by atoms with Crippen LogP contribution in [-0.2, 0) is 17.8 Å². The summed E-state index contributed by atoms with van der Waals surface area (Å²) in [5.74, 6) is 2.72. The van der Waals surface area contributed by atoms with E-state index in [0.29, 0.717) is 36.0 Å². The van der Waals surface area contributed by atoms with Crippen LogP contribution in [0.4, 0.5) is 0 Å². The molecule has 0 saturated carbocycles. The number of fused-ring (bicyclic) bond motifs is 1. The Labute approximate surface area is 194 Å². The lowest BCUT2D eigenvalue weighted by Crippen LogP contribution is -2.38. The van der Waals surface area contributed by atoms with Crippen molar-refractivity contribution >= 4 is 6.29 Å². The Morgan fingerprint density at radius 3 is 2.00 bits per heavy atom. The summed E-state index contributed by atoms with van der Waals surface area (Å²) in [7, 11) is 6.53. The summed E-state index contributed by atoms with van der Waals surface area (Å²) >= 11 is 0. The van der Waals surface area contributed by atoms with Crippen molar-refractivity contribution in [2.75, 3.05) is 28.4 Å². The summed E-state index contributed by atoms with van der Waals surface area (Å²) in [6.07, 6.45) is 1.73. The molecule has 0 unspecified atom stereocenters. The Morgan fingerprint density at radius 2 is 1.39 bits per heavy atom. The Hall–Kier alpha value is -3.51.